The van der Waals surface area contributed by atoms with Crippen molar-refractivity contribution >= 4 is 23.5 Å². The van der Waals surface area contributed by atoms with Crippen molar-refractivity contribution in [2.75, 3.05) is 7.11 Å². The number of esters is 1. The molecule has 2 aromatic carbocycles. The minimum absolute atomic E-state index is 0.00848. The lowest BCUT2D eigenvalue weighted by Gasteiger charge is -3.09. The van der Waals surface area contributed by atoms with Gasteiger partial charge < -0.3 is 4.74 Å². The minimum atomic E-state index is -0.155. The molecule has 0 saturated heterocycles. The normalized spacial score (nSPS) is 45.1. The van der Waals surface area contributed by atoms with Crippen LogP contribution in [0.5, 0.6) is 0 Å². The van der Waals surface area contributed by atoms with Gasteiger partial charge in [-0.2, -0.15) is 0 Å². The van der Waals surface area contributed by atoms with Crippen LogP contribution in [0.25, 0.3) is 0 Å². The summed E-state index contributed by atoms with van der Waals surface area (Å²) in [5, 5.41) is 0. The molecule has 0 unspecified atom stereocenters. The maximum Gasteiger partial charge on any atom is 0.312 e. The average molecular weight is 400 g/mol. The van der Waals surface area contributed by atoms with Crippen molar-refractivity contribution in [1.82, 2.24) is 0 Å². The van der Waals surface area contributed by atoms with Gasteiger partial charge in [-0.15, -0.1) is 0 Å². The van der Waals surface area contributed by atoms with Crippen molar-refractivity contribution < 1.29 is 14.3 Å². The highest BCUT2D eigenvalue weighted by Crippen LogP contribution is 3.10. The summed E-state index contributed by atoms with van der Waals surface area (Å²) < 4.78 is 5.13. The number of carbonyl (C=O) groups excluding carboxylic acids is 2. The third-order valence-corrected chi connectivity index (χ3v) is 11.0. The second-order valence-electron chi connectivity index (χ2n) is 9.87. The Hall–Kier alpha value is -2.07. The monoisotopic (exact) mass is 400 g/mol. The number of methoxy groups -OCH3 is 1. The van der Waals surface area contributed by atoms with Gasteiger partial charge in [-0.05, 0) is 58.8 Å². The van der Waals surface area contributed by atoms with E-state index in [1.807, 2.05) is 11.8 Å². The van der Waals surface area contributed by atoms with Crippen molar-refractivity contribution in [1.29, 1.82) is 0 Å². The first-order valence-corrected chi connectivity index (χ1v) is 11.5. The molecule has 0 aromatic heterocycles. The van der Waals surface area contributed by atoms with Crippen molar-refractivity contribution in [3.63, 3.8) is 0 Å². The number of benzene rings is 2. The first-order valence-electron chi connectivity index (χ1n) is 10.7. The Morgan fingerprint density at radius 1 is 0.828 bits per heavy atom. The van der Waals surface area contributed by atoms with Crippen LogP contribution in [0, 0.1) is 46.3 Å². The van der Waals surface area contributed by atoms with Crippen molar-refractivity contribution in [2.45, 2.75) is 22.1 Å². The highest BCUT2D eigenvalue weighted by molar-refractivity contribution is 7.99. The predicted molar refractivity (Wildman–Crippen MR) is 106 cm³/mol. The van der Waals surface area contributed by atoms with Crippen molar-refractivity contribution in [2.24, 2.45) is 46.3 Å². The first kappa shape index (κ1) is 15.7. The number of ether oxygens (including phenoxy) is 1. The molecule has 29 heavy (non-hydrogen) atoms. The fraction of sp³-hybridized carbons (Fsp3) is 0.440. The molecule has 2 aromatic rings. The summed E-state index contributed by atoms with van der Waals surface area (Å²) in [7, 11) is 1.51. The van der Waals surface area contributed by atoms with Gasteiger partial charge in [0, 0.05) is 27.5 Å². The lowest BCUT2D eigenvalue weighted by Crippen LogP contribution is -3.12. The minimum Gasteiger partial charge on any atom is -0.469 e. The van der Waals surface area contributed by atoms with Crippen LogP contribution in [0.1, 0.15) is 23.5 Å². The van der Waals surface area contributed by atoms with Gasteiger partial charge in [-0.3, -0.25) is 9.59 Å². The van der Waals surface area contributed by atoms with Crippen LogP contribution in [-0.2, 0) is 14.3 Å². The standard InChI is InChI=1S/C25H20O3S/c1-28-23(27)25-20-17-21(25)19-22(25)18(20)24(17,19)16(26)10-13-11-6-2-4-8-14(11)29-15-9-5-3-7-12(13)15/h2-9,13,17-22H,10H2,1H3. The molecule has 6 aliphatic carbocycles. The van der Waals surface area contributed by atoms with E-state index in [1.165, 1.54) is 28.0 Å². The Labute approximate surface area is 173 Å². The number of rotatable bonds is 4. The van der Waals surface area contributed by atoms with E-state index in [4.69, 9.17) is 4.74 Å². The highest BCUT2D eigenvalue weighted by atomic mass is 32.2. The highest BCUT2D eigenvalue weighted by Gasteiger charge is 3.12. The molecule has 0 N–H and O–H groups in total. The summed E-state index contributed by atoms with van der Waals surface area (Å²) in [6.07, 6.45) is 0.607. The predicted octanol–water partition coefficient (Wildman–Crippen LogP) is 4.15. The van der Waals surface area contributed by atoms with Crippen LogP contribution in [-0.4, -0.2) is 18.9 Å². The van der Waals surface area contributed by atoms with Gasteiger partial charge in [0.25, 0.3) is 0 Å². The van der Waals surface area contributed by atoms with Crippen molar-refractivity contribution in [3.8, 4) is 0 Å². The van der Waals surface area contributed by atoms with E-state index in [1.54, 1.807) is 0 Å². The largest absolute Gasteiger partial charge is 0.469 e. The third kappa shape index (κ3) is 1.23. The zero-order valence-electron chi connectivity index (χ0n) is 16.0. The van der Waals surface area contributed by atoms with E-state index in [0.29, 0.717) is 47.7 Å². The van der Waals surface area contributed by atoms with Gasteiger partial charge in [0.2, 0.25) is 0 Å². The molecule has 0 atom stereocenters. The quantitative estimate of drug-likeness (QED) is 0.723. The summed E-state index contributed by atoms with van der Waals surface area (Å²) in [4.78, 5) is 28.6. The third-order valence-electron chi connectivity index (χ3n) is 9.85. The molecule has 0 bridgehead atoms. The molecule has 0 spiro atoms. The zero-order valence-corrected chi connectivity index (χ0v) is 16.8. The van der Waals surface area contributed by atoms with E-state index in [2.05, 4.69) is 48.5 Å². The summed E-state index contributed by atoms with van der Waals surface area (Å²) in [6, 6.07) is 17.1. The molecule has 4 heteroatoms. The van der Waals surface area contributed by atoms with Crippen LogP contribution in [0.15, 0.2) is 58.3 Å². The van der Waals surface area contributed by atoms with Crippen LogP contribution in [0.4, 0.5) is 0 Å². The summed E-state index contributed by atoms with van der Waals surface area (Å²) in [5.74, 6) is 3.47. The number of hydrogen-bond acceptors (Lipinski definition) is 4. The molecule has 6 saturated carbocycles. The number of Topliss-reactive ketones (excluding diaryl/α,β-unsaturated/α-hetero) is 1. The first-order chi connectivity index (χ1) is 14.2. The lowest BCUT2D eigenvalue weighted by atomic mass is 8.92. The SMILES string of the molecule is COC(=O)C12C3C4C1C1C2C3C41C(=O)CC1c2ccccc2Sc2ccccc21. The van der Waals surface area contributed by atoms with Gasteiger partial charge in [0.15, 0.2) is 0 Å². The maximum atomic E-state index is 13.7. The van der Waals surface area contributed by atoms with E-state index in [0.717, 1.165) is 0 Å². The average Bonchev–Trinajstić information content (AvgIpc) is 2.78. The van der Waals surface area contributed by atoms with Crippen LogP contribution in [0.3, 0.4) is 0 Å². The number of ketones is 1. The molecule has 0 amide bonds. The van der Waals surface area contributed by atoms with Gasteiger partial charge in [0.1, 0.15) is 5.78 Å². The molecule has 0 radical (unpaired) electrons. The second-order valence-corrected chi connectivity index (χ2v) is 11.0. The summed E-state index contributed by atoms with van der Waals surface area (Å²) in [6.45, 7) is 0. The number of hydrogen-bond donors (Lipinski definition) is 0. The molecule has 144 valence electrons. The molecule has 7 aliphatic rings. The van der Waals surface area contributed by atoms with Crippen molar-refractivity contribution in [3.05, 3.63) is 59.7 Å². The molecule has 1 heterocycles. The molecular formula is C25H20O3S. The summed E-state index contributed by atoms with van der Waals surface area (Å²) in [5.41, 5.74) is 2.38. The topological polar surface area (TPSA) is 43.4 Å². The van der Waals surface area contributed by atoms with E-state index >= 15 is 0 Å². The van der Waals surface area contributed by atoms with E-state index < -0.39 is 0 Å². The van der Waals surface area contributed by atoms with Gasteiger partial charge in [-0.25, -0.2) is 0 Å². The fourth-order valence-corrected chi connectivity index (χ4v) is 10.4. The van der Waals surface area contributed by atoms with E-state index in [9.17, 15) is 9.59 Å². The Kier molecular flexibility index (Phi) is 2.43. The summed E-state index contributed by atoms with van der Waals surface area (Å²) >= 11 is 1.82. The lowest BCUT2D eigenvalue weighted by molar-refractivity contribution is -0.626. The van der Waals surface area contributed by atoms with Gasteiger partial charge in [-0.1, -0.05) is 48.2 Å². The molecule has 9 rings (SSSR count). The van der Waals surface area contributed by atoms with Crippen LogP contribution in [0.2, 0.25) is 0 Å². The Bertz CT molecular complexity index is 1070. The zero-order chi connectivity index (χ0) is 19.3. The van der Waals surface area contributed by atoms with Gasteiger partial charge >= 0.3 is 5.97 Å². The second kappa shape index (κ2) is 4.49. The fourth-order valence-electron chi connectivity index (χ4n) is 9.26. The Morgan fingerprint density at radius 2 is 1.31 bits per heavy atom. The number of fused-ring (bicyclic) bond motifs is 2. The maximum absolute atomic E-state index is 13.7. The molecular weight excluding hydrogens is 380 g/mol. The Balaban J connectivity index is 1.13. The Morgan fingerprint density at radius 3 is 1.83 bits per heavy atom. The molecule has 6 fully saturated rings. The smallest absolute Gasteiger partial charge is 0.312 e. The van der Waals surface area contributed by atoms with Gasteiger partial charge in [0.05, 0.1) is 12.5 Å². The van der Waals surface area contributed by atoms with Crippen LogP contribution < -0.4 is 0 Å². The van der Waals surface area contributed by atoms with E-state index in [-0.39, 0.29) is 22.7 Å². The molecule has 3 nitrogen and oxygen atoms in total. The molecule has 1 aliphatic heterocycles. The van der Waals surface area contributed by atoms with Crippen LogP contribution >= 0.6 is 11.8 Å². The number of carbonyl (C=O) groups is 2.